The maximum absolute atomic E-state index is 12.7. The van der Waals surface area contributed by atoms with E-state index in [1.165, 1.54) is 0 Å². The van der Waals surface area contributed by atoms with Crippen molar-refractivity contribution in [3.63, 3.8) is 0 Å². The lowest BCUT2D eigenvalue weighted by molar-refractivity contribution is 0.0633. The Morgan fingerprint density at radius 2 is 2.05 bits per heavy atom. The van der Waals surface area contributed by atoms with Gasteiger partial charge in [-0.1, -0.05) is 29.8 Å². The molecule has 1 aromatic carbocycles. The summed E-state index contributed by atoms with van der Waals surface area (Å²) in [5.41, 5.74) is 0.706. The molecule has 0 aromatic heterocycles. The van der Waals surface area contributed by atoms with E-state index in [2.05, 4.69) is 34.7 Å². The molecule has 5 heteroatoms. The summed E-state index contributed by atoms with van der Waals surface area (Å²) in [4.78, 5) is 16.8. The van der Waals surface area contributed by atoms with Gasteiger partial charge >= 0.3 is 0 Å². The number of carbonyl (C=O) groups is 1. The Morgan fingerprint density at radius 3 is 2.55 bits per heavy atom. The predicted molar refractivity (Wildman–Crippen MR) is 91.9 cm³/mol. The van der Waals surface area contributed by atoms with E-state index in [9.17, 15) is 9.90 Å². The van der Waals surface area contributed by atoms with Crippen molar-refractivity contribution < 1.29 is 9.90 Å². The van der Waals surface area contributed by atoms with Gasteiger partial charge in [-0.2, -0.15) is 0 Å². The highest BCUT2D eigenvalue weighted by molar-refractivity contribution is 9.10. The molecule has 1 aliphatic heterocycles. The number of halogens is 1. The Balaban J connectivity index is 2.06. The number of amides is 1. The zero-order valence-corrected chi connectivity index (χ0v) is 15.1. The van der Waals surface area contributed by atoms with Crippen molar-refractivity contribution in [2.24, 2.45) is 5.92 Å². The van der Waals surface area contributed by atoms with Crippen LogP contribution in [0.2, 0.25) is 0 Å². The van der Waals surface area contributed by atoms with Crippen LogP contribution in [0.15, 0.2) is 28.7 Å². The SMILES string of the molecule is CC(C)C(CN1CCC(O)C1)N(C)C(=O)c1ccc(Br)cc1. The van der Waals surface area contributed by atoms with Crippen LogP contribution in [0.1, 0.15) is 30.6 Å². The first-order valence-corrected chi connectivity index (χ1v) is 8.61. The molecule has 1 amide bonds. The van der Waals surface area contributed by atoms with E-state index in [-0.39, 0.29) is 18.1 Å². The fourth-order valence-corrected chi connectivity index (χ4v) is 3.23. The second-order valence-electron chi connectivity index (χ2n) is 6.44. The molecule has 0 spiro atoms. The van der Waals surface area contributed by atoms with Crippen molar-refractivity contribution >= 4 is 21.8 Å². The summed E-state index contributed by atoms with van der Waals surface area (Å²) in [6, 6.07) is 7.62. The van der Waals surface area contributed by atoms with Gasteiger partial charge in [-0.25, -0.2) is 0 Å². The molecule has 1 saturated heterocycles. The van der Waals surface area contributed by atoms with Gasteiger partial charge in [0, 0.05) is 42.8 Å². The van der Waals surface area contributed by atoms with Crippen molar-refractivity contribution in [3.8, 4) is 0 Å². The maximum atomic E-state index is 12.7. The van der Waals surface area contributed by atoms with Crippen molar-refractivity contribution in [1.82, 2.24) is 9.80 Å². The second kappa shape index (κ2) is 7.57. The third-order valence-corrected chi connectivity index (χ3v) is 4.90. The molecule has 1 fully saturated rings. The molecular weight excluding hydrogens is 344 g/mol. The zero-order chi connectivity index (χ0) is 16.3. The monoisotopic (exact) mass is 368 g/mol. The summed E-state index contributed by atoms with van der Waals surface area (Å²) >= 11 is 3.39. The van der Waals surface area contributed by atoms with E-state index in [1.54, 1.807) is 0 Å². The van der Waals surface area contributed by atoms with Crippen molar-refractivity contribution in [2.45, 2.75) is 32.4 Å². The van der Waals surface area contributed by atoms with Crippen molar-refractivity contribution in [3.05, 3.63) is 34.3 Å². The van der Waals surface area contributed by atoms with Crippen molar-refractivity contribution in [2.75, 3.05) is 26.7 Å². The number of nitrogens with zero attached hydrogens (tertiary/aromatic N) is 2. The lowest BCUT2D eigenvalue weighted by Gasteiger charge is -2.34. The first-order valence-electron chi connectivity index (χ1n) is 7.81. The molecule has 0 aliphatic carbocycles. The predicted octanol–water partition coefficient (Wildman–Crippen LogP) is 2.61. The molecule has 1 heterocycles. The second-order valence-corrected chi connectivity index (χ2v) is 7.35. The van der Waals surface area contributed by atoms with Crippen LogP contribution in [-0.4, -0.2) is 59.6 Å². The van der Waals surface area contributed by atoms with Crippen LogP contribution in [0.25, 0.3) is 0 Å². The lowest BCUT2D eigenvalue weighted by Crippen LogP contribution is -2.47. The highest BCUT2D eigenvalue weighted by atomic mass is 79.9. The number of hydrogen-bond donors (Lipinski definition) is 1. The number of aliphatic hydroxyl groups excluding tert-OH is 1. The number of β-amino-alcohol motifs (C(OH)–C–C–N with tert-alkyl or cyclic N) is 1. The Hall–Kier alpha value is -0.910. The highest BCUT2D eigenvalue weighted by Gasteiger charge is 2.29. The molecule has 0 radical (unpaired) electrons. The molecule has 2 unspecified atom stereocenters. The van der Waals surface area contributed by atoms with Crippen LogP contribution >= 0.6 is 15.9 Å². The molecule has 2 atom stereocenters. The van der Waals surface area contributed by atoms with Crippen LogP contribution in [0.3, 0.4) is 0 Å². The Labute approximate surface area is 141 Å². The summed E-state index contributed by atoms with van der Waals surface area (Å²) in [6.45, 7) is 6.72. The number of rotatable bonds is 5. The van der Waals surface area contributed by atoms with E-state index in [4.69, 9.17) is 0 Å². The number of carbonyl (C=O) groups excluding carboxylic acids is 1. The normalized spacial score (nSPS) is 20.4. The lowest BCUT2D eigenvalue weighted by atomic mass is 10.0. The molecule has 22 heavy (non-hydrogen) atoms. The summed E-state index contributed by atoms with van der Waals surface area (Å²) in [5, 5.41) is 9.68. The molecule has 122 valence electrons. The van der Waals surface area contributed by atoms with Gasteiger partial charge in [0.25, 0.3) is 5.91 Å². The average Bonchev–Trinajstić information content (AvgIpc) is 2.89. The van der Waals surface area contributed by atoms with Gasteiger partial charge in [-0.15, -0.1) is 0 Å². The Kier molecular flexibility index (Phi) is 6.01. The largest absolute Gasteiger partial charge is 0.392 e. The highest BCUT2D eigenvalue weighted by Crippen LogP contribution is 2.19. The molecular formula is C17H25BrN2O2. The summed E-state index contributed by atoms with van der Waals surface area (Å²) in [5.74, 6) is 0.410. The third kappa shape index (κ3) is 4.31. The topological polar surface area (TPSA) is 43.8 Å². The quantitative estimate of drug-likeness (QED) is 0.868. The van der Waals surface area contributed by atoms with Gasteiger partial charge in [0.15, 0.2) is 0 Å². The van der Waals surface area contributed by atoms with Gasteiger partial charge in [-0.05, 0) is 36.6 Å². The Bertz CT molecular complexity index is 504. The van der Waals surface area contributed by atoms with Crippen LogP contribution in [-0.2, 0) is 0 Å². The standard InChI is InChI=1S/C17H25BrN2O2/c1-12(2)16(11-20-9-8-15(21)10-20)19(3)17(22)13-4-6-14(18)7-5-13/h4-7,12,15-16,21H,8-11H2,1-3H3. The maximum Gasteiger partial charge on any atom is 0.253 e. The summed E-state index contributed by atoms with van der Waals surface area (Å²) in [7, 11) is 1.88. The van der Waals surface area contributed by atoms with Crippen LogP contribution in [0.5, 0.6) is 0 Å². The Morgan fingerprint density at radius 1 is 1.41 bits per heavy atom. The minimum Gasteiger partial charge on any atom is -0.392 e. The fraction of sp³-hybridized carbons (Fsp3) is 0.588. The minimum atomic E-state index is -0.222. The van der Waals surface area contributed by atoms with E-state index in [0.717, 1.165) is 24.0 Å². The molecule has 2 rings (SSSR count). The molecule has 1 N–H and O–H groups in total. The molecule has 1 aliphatic rings. The molecule has 0 saturated carbocycles. The van der Waals surface area contributed by atoms with E-state index in [1.807, 2.05) is 36.2 Å². The summed E-state index contributed by atoms with van der Waals surface area (Å²) < 4.78 is 0.971. The minimum absolute atomic E-state index is 0.0472. The molecule has 4 nitrogen and oxygen atoms in total. The zero-order valence-electron chi connectivity index (χ0n) is 13.5. The first-order chi connectivity index (χ1) is 10.4. The fourth-order valence-electron chi connectivity index (χ4n) is 2.97. The van der Waals surface area contributed by atoms with Crippen LogP contribution in [0, 0.1) is 5.92 Å². The third-order valence-electron chi connectivity index (χ3n) is 4.37. The molecule has 1 aromatic rings. The number of hydrogen-bond acceptors (Lipinski definition) is 3. The smallest absolute Gasteiger partial charge is 0.253 e. The number of aliphatic hydroxyl groups is 1. The molecule has 0 bridgehead atoms. The van der Waals surface area contributed by atoms with Gasteiger partial charge < -0.3 is 10.0 Å². The van der Waals surface area contributed by atoms with E-state index < -0.39 is 0 Å². The van der Waals surface area contributed by atoms with Crippen LogP contribution < -0.4 is 0 Å². The number of likely N-dealkylation sites (N-methyl/N-ethyl adjacent to an activating group) is 1. The van der Waals surface area contributed by atoms with E-state index >= 15 is 0 Å². The van der Waals surface area contributed by atoms with Crippen molar-refractivity contribution in [1.29, 1.82) is 0 Å². The number of likely N-dealkylation sites (tertiary alicyclic amines) is 1. The first kappa shape index (κ1) is 17.4. The average molecular weight is 369 g/mol. The van der Waals surface area contributed by atoms with E-state index in [0.29, 0.717) is 18.0 Å². The number of benzene rings is 1. The van der Waals surface area contributed by atoms with Gasteiger partial charge in [0.2, 0.25) is 0 Å². The van der Waals surface area contributed by atoms with Gasteiger partial charge in [-0.3, -0.25) is 9.69 Å². The van der Waals surface area contributed by atoms with Crippen LogP contribution in [0.4, 0.5) is 0 Å². The summed E-state index contributed by atoms with van der Waals surface area (Å²) in [6.07, 6.45) is 0.607. The van der Waals surface area contributed by atoms with Gasteiger partial charge in [0.05, 0.1) is 6.10 Å². The van der Waals surface area contributed by atoms with Gasteiger partial charge in [0.1, 0.15) is 0 Å².